The lowest BCUT2D eigenvalue weighted by molar-refractivity contribution is -0.931. The van der Waals surface area contributed by atoms with Crippen LogP contribution in [-0.4, -0.2) is 38.6 Å². The summed E-state index contributed by atoms with van der Waals surface area (Å²) in [7, 11) is 1.93. The van der Waals surface area contributed by atoms with E-state index in [0.29, 0.717) is 16.5 Å². The van der Waals surface area contributed by atoms with E-state index < -0.39 is 0 Å². The van der Waals surface area contributed by atoms with Crippen molar-refractivity contribution in [2.24, 2.45) is 7.05 Å². The number of hydrogen-bond donors (Lipinski definition) is 2. The Morgan fingerprint density at radius 1 is 1.41 bits per heavy atom. The summed E-state index contributed by atoms with van der Waals surface area (Å²) in [6.07, 6.45) is 1.73. The number of rotatable bonds is 3. The second kappa shape index (κ2) is 6.50. The maximum Gasteiger partial charge on any atom is 0.202 e. The number of aromatic nitrogens is 3. The number of likely N-dealkylation sites (tertiary alicyclic amines) is 1. The highest BCUT2D eigenvalue weighted by Gasteiger charge is 2.22. The Kier molecular flexibility index (Phi) is 4.63. The standard InChI is InChI=1S/C15H19ClN4OS/c1-18-14(11-4-6-12(16)7-5-11)17-20(15(18)22)10-19-8-2-3-13(21)9-19/h4-7,13,21H,2-3,8-10H2,1H3/p+1/t13-/m1/s1. The van der Waals surface area contributed by atoms with Gasteiger partial charge in [-0.25, -0.2) is 0 Å². The minimum atomic E-state index is -0.211. The first-order valence-electron chi connectivity index (χ1n) is 7.46. The molecule has 118 valence electrons. The molecule has 0 aliphatic carbocycles. The van der Waals surface area contributed by atoms with Crippen molar-refractivity contribution in [2.45, 2.75) is 25.6 Å². The lowest BCUT2D eigenvalue weighted by Crippen LogP contribution is -3.13. The highest BCUT2D eigenvalue weighted by Crippen LogP contribution is 2.19. The summed E-state index contributed by atoms with van der Waals surface area (Å²) in [6, 6.07) is 7.60. The Hall–Kier alpha value is -1.21. The summed E-state index contributed by atoms with van der Waals surface area (Å²) in [4.78, 5) is 1.32. The molecule has 2 heterocycles. The molecule has 0 amide bonds. The zero-order chi connectivity index (χ0) is 15.7. The Morgan fingerprint density at radius 2 is 2.14 bits per heavy atom. The van der Waals surface area contributed by atoms with Crippen LogP contribution in [0.25, 0.3) is 11.4 Å². The van der Waals surface area contributed by atoms with E-state index in [1.54, 1.807) is 0 Å². The number of aliphatic hydroxyl groups is 1. The third kappa shape index (κ3) is 3.25. The molecule has 1 aliphatic rings. The molecule has 7 heteroatoms. The quantitative estimate of drug-likeness (QED) is 0.828. The van der Waals surface area contributed by atoms with Crippen molar-refractivity contribution < 1.29 is 10.0 Å². The number of halogens is 1. The molecule has 22 heavy (non-hydrogen) atoms. The zero-order valence-corrected chi connectivity index (χ0v) is 14.1. The molecule has 2 atom stereocenters. The molecule has 1 aliphatic heterocycles. The Labute approximate surface area is 139 Å². The summed E-state index contributed by atoms with van der Waals surface area (Å²) in [5, 5.41) is 15.2. The number of hydrogen-bond acceptors (Lipinski definition) is 3. The van der Waals surface area contributed by atoms with Crippen LogP contribution in [0.15, 0.2) is 24.3 Å². The van der Waals surface area contributed by atoms with Gasteiger partial charge in [-0.1, -0.05) is 11.6 Å². The lowest BCUT2D eigenvalue weighted by atomic mass is 10.1. The van der Waals surface area contributed by atoms with Crippen molar-refractivity contribution in [1.82, 2.24) is 14.3 Å². The SMILES string of the molecule is Cn1c(-c2ccc(Cl)cc2)nn(C[NH+]2CCC[C@@H](O)C2)c1=S. The van der Waals surface area contributed by atoms with Crippen LogP contribution in [0.4, 0.5) is 0 Å². The minimum Gasteiger partial charge on any atom is -0.387 e. The van der Waals surface area contributed by atoms with Crippen molar-refractivity contribution >= 4 is 23.8 Å². The van der Waals surface area contributed by atoms with Crippen LogP contribution < -0.4 is 4.90 Å². The van der Waals surface area contributed by atoms with E-state index in [1.807, 2.05) is 40.6 Å². The van der Waals surface area contributed by atoms with Gasteiger partial charge in [-0.2, -0.15) is 4.68 Å². The molecular formula is C15H20ClN4OS+. The lowest BCUT2D eigenvalue weighted by Gasteiger charge is -2.26. The predicted octanol–water partition coefficient (Wildman–Crippen LogP) is 1.27. The first-order valence-corrected chi connectivity index (χ1v) is 8.24. The average molecular weight is 340 g/mol. The molecule has 1 aromatic carbocycles. The van der Waals surface area contributed by atoms with Crippen LogP contribution >= 0.6 is 23.8 Å². The molecule has 1 unspecified atom stereocenters. The first-order chi connectivity index (χ1) is 10.5. The summed E-state index contributed by atoms with van der Waals surface area (Å²) in [5.41, 5.74) is 0.991. The summed E-state index contributed by atoms with van der Waals surface area (Å²) < 4.78 is 4.46. The van der Waals surface area contributed by atoms with Gasteiger partial charge in [-0.3, -0.25) is 0 Å². The molecule has 0 spiro atoms. The zero-order valence-electron chi connectivity index (χ0n) is 12.5. The van der Waals surface area contributed by atoms with Gasteiger partial charge in [-0.05, 0) is 49.3 Å². The highest BCUT2D eigenvalue weighted by molar-refractivity contribution is 7.71. The monoisotopic (exact) mass is 339 g/mol. The van der Waals surface area contributed by atoms with Gasteiger partial charge in [0, 0.05) is 17.6 Å². The van der Waals surface area contributed by atoms with Crippen LogP contribution in [-0.2, 0) is 13.7 Å². The fraction of sp³-hybridized carbons (Fsp3) is 0.467. The van der Waals surface area contributed by atoms with E-state index in [4.69, 9.17) is 23.8 Å². The Bertz CT molecular complexity index is 709. The predicted molar refractivity (Wildman–Crippen MR) is 88.4 cm³/mol. The van der Waals surface area contributed by atoms with E-state index in [1.165, 1.54) is 4.90 Å². The van der Waals surface area contributed by atoms with Gasteiger partial charge in [0.2, 0.25) is 4.77 Å². The largest absolute Gasteiger partial charge is 0.387 e. The third-order valence-electron chi connectivity index (χ3n) is 4.11. The minimum absolute atomic E-state index is 0.211. The second-order valence-electron chi connectivity index (χ2n) is 5.83. The third-order valence-corrected chi connectivity index (χ3v) is 4.85. The Balaban J connectivity index is 1.86. The van der Waals surface area contributed by atoms with Crippen molar-refractivity contribution in [1.29, 1.82) is 0 Å². The van der Waals surface area contributed by atoms with Gasteiger partial charge in [0.25, 0.3) is 0 Å². The number of benzene rings is 1. The van der Waals surface area contributed by atoms with Crippen molar-refractivity contribution in [3.05, 3.63) is 34.1 Å². The number of nitrogens with zero attached hydrogens (tertiary/aromatic N) is 3. The average Bonchev–Trinajstić information content (AvgIpc) is 2.77. The van der Waals surface area contributed by atoms with Crippen molar-refractivity contribution in [3.8, 4) is 11.4 Å². The molecule has 5 nitrogen and oxygen atoms in total. The van der Waals surface area contributed by atoms with Gasteiger partial charge >= 0.3 is 0 Å². The molecule has 1 saturated heterocycles. The van der Waals surface area contributed by atoms with Crippen LogP contribution in [0.3, 0.4) is 0 Å². The summed E-state index contributed by atoms with van der Waals surface area (Å²) in [5.74, 6) is 0.832. The molecular weight excluding hydrogens is 320 g/mol. The van der Waals surface area contributed by atoms with Crippen LogP contribution in [0.5, 0.6) is 0 Å². The van der Waals surface area contributed by atoms with Gasteiger partial charge in [0.15, 0.2) is 12.5 Å². The molecule has 1 fully saturated rings. The maximum atomic E-state index is 9.80. The van der Waals surface area contributed by atoms with Gasteiger partial charge in [0.05, 0.1) is 6.54 Å². The number of piperidine rings is 1. The molecule has 2 aromatic rings. The molecule has 2 N–H and O–H groups in total. The number of nitrogens with one attached hydrogen (secondary N) is 1. The van der Waals surface area contributed by atoms with Gasteiger partial charge < -0.3 is 14.6 Å². The van der Waals surface area contributed by atoms with Crippen molar-refractivity contribution in [2.75, 3.05) is 13.1 Å². The van der Waals surface area contributed by atoms with Gasteiger partial charge in [-0.15, -0.1) is 5.10 Å². The van der Waals surface area contributed by atoms with Crippen LogP contribution in [0.2, 0.25) is 5.02 Å². The topological polar surface area (TPSA) is 47.4 Å². The highest BCUT2D eigenvalue weighted by atomic mass is 35.5. The molecule has 1 aromatic heterocycles. The number of aliphatic hydroxyl groups excluding tert-OH is 1. The molecule has 0 radical (unpaired) electrons. The fourth-order valence-corrected chi connectivity index (χ4v) is 3.24. The van der Waals surface area contributed by atoms with E-state index in [-0.39, 0.29) is 6.10 Å². The van der Waals surface area contributed by atoms with E-state index in [2.05, 4.69) is 5.10 Å². The number of quaternary nitrogens is 1. The Morgan fingerprint density at radius 3 is 2.82 bits per heavy atom. The van der Waals surface area contributed by atoms with Gasteiger partial charge in [0.1, 0.15) is 12.6 Å². The molecule has 3 rings (SSSR count). The first kappa shape index (κ1) is 15.7. The molecule has 0 saturated carbocycles. The molecule has 0 bridgehead atoms. The summed E-state index contributed by atoms with van der Waals surface area (Å²) in [6.45, 7) is 2.50. The van der Waals surface area contributed by atoms with Crippen LogP contribution in [0, 0.1) is 4.77 Å². The van der Waals surface area contributed by atoms with E-state index in [0.717, 1.165) is 37.3 Å². The fourth-order valence-electron chi connectivity index (χ4n) is 2.92. The summed E-state index contributed by atoms with van der Waals surface area (Å²) >= 11 is 11.4. The smallest absolute Gasteiger partial charge is 0.202 e. The normalized spacial score (nSPS) is 22.0. The van der Waals surface area contributed by atoms with E-state index >= 15 is 0 Å². The maximum absolute atomic E-state index is 9.80. The second-order valence-corrected chi connectivity index (χ2v) is 6.63. The van der Waals surface area contributed by atoms with E-state index in [9.17, 15) is 5.11 Å². The van der Waals surface area contributed by atoms with Crippen LogP contribution in [0.1, 0.15) is 12.8 Å². The van der Waals surface area contributed by atoms with Crippen molar-refractivity contribution in [3.63, 3.8) is 0 Å².